The maximum Gasteiger partial charge on any atom is 0.165 e. The number of hydrogen-bond donors (Lipinski definition) is 2. The van der Waals surface area contributed by atoms with E-state index in [1.54, 1.807) is 17.4 Å². The number of fused-ring (bicyclic) bond motifs is 4. The average Bonchev–Trinajstić information content (AvgIpc) is 3.17. The van der Waals surface area contributed by atoms with Gasteiger partial charge in [-0.05, 0) is 54.3 Å². The fourth-order valence-corrected chi connectivity index (χ4v) is 6.04. The van der Waals surface area contributed by atoms with Crippen LogP contribution in [0.15, 0.2) is 48.5 Å². The zero-order valence-corrected chi connectivity index (χ0v) is 19.3. The Bertz CT molecular complexity index is 1290. The van der Waals surface area contributed by atoms with E-state index in [1.165, 1.54) is 15.8 Å². The molecular formula is C24H22Cl2N2O2S. The summed E-state index contributed by atoms with van der Waals surface area (Å²) >= 11 is 1.76. The average molecular weight is 473 g/mol. The summed E-state index contributed by atoms with van der Waals surface area (Å²) in [6, 6.07) is 16.2. The summed E-state index contributed by atoms with van der Waals surface area (Å²) < 4.78 is 1.25. The van der Waals surface area contributed by atoms with Crippen LogP contribution in [0.2, 0.25) is 0 Å². The first kappa shape index (κ1) is 21.9. The van der Waals surface area contributed by atoms with E-state index in [9.17, 15) is 10.2 Å². The topological polar surface area (TPSA) is 56.6 Å². The molecule has 4 aromatic rings. The van der Waals surface area contributed by atoms with Crippen LogP contribution < -0.4 is 0 Å². The monoisotopic (exact) mass is 472 g/mol. The molecule has 3 aromatic carbocycles. The second-order valence-corrected chi connectivity index (χ2v) is 8.97. The number of nitrogens with zero attached hydrogens (tertiary/aromatic N) is 2. The van der Waals surface area contributed by atoms with Crippen molar-refractivity contribution in [2.24, 2.45) is 0 Å². The number of halogens is 2. The molecule has 31 heavy (non-hydrogen) atoms. The highest BCUT2D eigenvalue weighted by atomic mass is 35.5. The van der Waals surface area contributed by atoms with Gasteiger partial charge in [0.15, 0.2) is 11.5 Å². The first-order valence-corrected chi connectivity index (χ1v) is 10.7. The van der Waals surface area contributed by atoms with Gasteiger partial charge in [0, 0.05) is 23.7 Å². The quantitative estimate of drug-likeness (QED) is 0.335. The normalized spacial score (nSPS) is 16.7. The number of phenols is 2. The Balaban J connectivity index is 0.00000116. The molecule has 0 fully saturated rings. The molecule has 0 unspecified atom stereocenters. The predicted molar refractivity (Wildman–Crippen MR) is 131 cm³/mol. The summed E-state index contributed by atoms with van der Waals surface area (Å²) in [6.45, 7) is 1.01. The molecule has 2 heterocycles. The molecule has 0 saturated heterocycles. The molecule has 2 aliphatic rings. The lowest BCUT2D eigenvalue weighted by Gasteiger charge is -2.40. The molecule has 7 heteroatoms. The molecule has 6 rings (SSSR count). The van der Waals surface area contributed by atoms with Crippen molar-refractivity contribution in [3.63, 3.8) is 0 Å². The number of likely N-dealkylation sites (N-methyl/N-ethyl adjacent to an activating group) is 1. The third kappa shape index (κ3) is 3.19. The van der Waals surface area contributed by atoms with Crippen molar-refractivity contribution < 1.29 is 10.2 Å². The highest BCUT2D eigenvalue weighted by Gasteiger charge is 2.36. The standard InChI is InChI=1S/C24H20N2O2S.2ClH/c1-26-10-9-15-21-16(20-14(11-18(21)26)7-8-19(27)22(20)28)12-17-23(15)29-24(25-17)13-5-3-2-4-6-13;;/h2-8,12,18,27-28H,9-11H2,1H3;2*1H/t18-;;/m1../s1. The van der Waals surface area contributed by atoms with Crippen LogP contribution in [0.25, 0.3) is 31.9 Å². The van der Waals surface area contributed by atoms with E-state index in [2.05, 4.69) is 30.1 Å². The molecule has 0 saturated carbocycles. The lowest BCUT2D eigenvalue weighted by atomic mass is 9.76. The summed E-state index contributed by atoms with van der Waals surface area (Å²) in [5, 5.41) is 21.9. The number of hydrogen-bond acceptors (Lipinski definition) is 5. The minimum Gasteiger partial charge on any atom is -0.504 e. The second-order valence-electron chi connectivity index (χ2n) is 7.97. The van der Waals surface area contributed by atoms with Crippen molar-refractivity contribution in [2.45, 2.75) is 18.9 Å². The summed E-state index contributed by atoms with van der Waals surface area (Å²) in [5.74, 6) is -0.0855. The predicted octanol–water partition coefficient (Wildman–Crippen LogP) is 5.97. The van der Waals surface area contributed by atoms with Gasteiger partial charge in [0.1, 0.15) is 5.01 Å². The maximum absolute atomic E-state index is 10.7. The minimum absolute atomic E-state index is 0. The number of benzene rings is 3. The summed E-state index contributed by atoms with van der Waals surface area (Å²) in [5.41, 5.74) is 7.62. The molecule has 160 valence electrons. The first-order valence-electron chi connectivity index (χ1n) is 9.88. The van der Waals surface area contributed by atoms with Gasteiger partial charge in [0.2, 0.25) is 0 Å². The Morgan fingerprint density at radius 2 is 1.84 bits per heavy atom. The smallest absolute Gasteiger partial charge is 0.165 e. The van der Waals surface area contributed by atoms with Crippen molar-refractivity contribution in [3.05, 3.63) is 65.2 Å². The molecule has 1 aliphatic carbocycles. The van der Waals surface area contributed by atoms with Crippen LogP contribution >= 0.6 is 36.2 Å². The van der Waals surface area contributed by atoms with Crippen molar-refractivity contribution >= 4 is 46.4 Å². The van der Waals surface area contributed by atoms with E-state index in [0.717, 1.165) is 52.2 Å². The molecule has 2 N–H and O–H groups in total. The molecular weight excluding hydrogens is 451 g/mol. The number of phenolic OH excluding ortho intramolecular Hbond substituents is 2. The van der Waals surface area contributed by atoms with Crippen LogP contribution in [0.4, 0.5) is 0 Å². The van der Waals surface area contributed by atoms with Gasteiger partial charge in [-0.15, -0.1) is 36.2 Å². The molecule has 1 aliphatic heterocycles. The second kappa shape index (κ2) is 7.99. The molecule has 0 radical (unpaired) electrons. The van der Waals surface area contributed by atoms with E-state index >= 15 is 0 Å². The van der Waals surface area contributed by atoms with E-state index in [1.807, 2.05) is 24.3 Å². The van der Waals surface area contributed by atoms with Crippen LogP contribution in [0.5, 0.6) is 11.5 Å². The minimum atomic E-state index is -0.0662. The van der Waals surface area contributed by atoms with E-state index in [4.69, 9.17) is 4.98 Å². The zero-order valence-electron chi connectivity index (χ0n) is 16.8. The van der Waals surface area contributed by atoms with E-state index in [0.29, 0.717) is 0 Å². The Morgan fingerprint density at radius 3 is 2.61 bits per heavy atom. The zero-order chi connectivity index (χ0) is 19.7. The van der Waals surface area contributed by atoms with Crippen LogP contribution in [-0.4, -0.2) is 33.7 Å². The van der Waals surface area contributed by atoms with Gasteiger partial charge in [-0.2, -0.15) is 0 Å². The van der Waals surface area contributed by atoms with Gasteiger partial charge in [0.05, 0.1) is 10.2 Å². The van der Waals surface area contributed by atoms with Crippen LogP contribution in [-0.2, 0) is 12.8 Å². The van der Waals surface area contributed by atoms with Gasteiger partial charge in [0.25, 0.3) is 0 Å². The SMILES string of the molecule is CN1CCc2c3c(cc4nc(-c5ccccc5)sc24)-c2c(ccc(O)c2O)C[C@H]31.Cl.Cl. The summed E-state index contributed by atoms with van der Waals surface area (Å²) in [4.78, 5) is 7.36. The third-order valence-corrected chi connectivity index (χ3v) is 7.53. The Kier molecular flexibility index (Phi) is 5.64. The van der Waals surface area contributed by atoms with Gasteiger partial charge in [-0.25, -0.2) is 4.98 Å². The van der Waals surface area contributed by atoms with Crippen LogP contribution in [0.3, 0.4) is 0 Å². The van der Waals surface area contributed by atoms with E-state index < -0.39 is 0 Å². The maximum atomic E-state index is 10.7. The Hall–Kier alpha value is -2.31. The lowest BCUT2D eigenvalue weighted by Crippen LogP contribution is -2.35. The largest absolute Gasteiger partial charge is 0.504 e. The molecule has 4 nitrogen and oxygen atoms in total. The number of aromatic hydroxyl groups is 2. The fraction of sp³-hybridized carbons (Fsp3) is 0.208. The highest BCUT2D eigenvalue weighted by molar-refractivity contribution is 7.21. The van der Waals surface area contributed by atoms with Crippen molar-refractivity contribution in [3.8, 4) is 33.2 Å². The van der Waals surface area contributed by atoms with Gasteiger partial charge < -0.3 is 10.2 Å². The number of aromatic nitrogens is 1. The molecule has 1 aromatic heterocycles. The first-order chi connectivity index (χ1) is 14.1. The summed E-state index contributed by atoms with van der Waals surface area (Å²) in [6.07, 6.45) is 1.81. The molecule has 0 bridgehead atoms. The van der Waals surface area contributed by atoms with E-state index in [-0.39, 0.29) is 42.4 Å². The highest BCUT2D eigenvalue weighted by Crippen LogP contribution is 2.52. The summed E-state index contributed by atoms with van der Waals surface area (Å²) in [7, 11) is 2.18. The van der Waals surface area contributed by atoms with Gasteiger partial charge in [-0.1, -0.05) is 36.4 Å². The molecule has 1 atom stereocenters. The Labute approximate surface area is 197 Å². The fourth-order valence-electron chi connectivity index (χ4n) is 4.91. The number of rotatable bonds is 1. The van der Waals surface area contributed by atoms with Crippen molar-refractivity contribution in [1.29, 1.82) is 0 Å². The van der Waals surface area contributed by atoms with Crippen LogP contribution in [0, 0.1) is 0 Å². The van der Waals surface area contributed by atoms with Gasteiger partial charge in [-0.3, -0.25) is 4.90 Å². The Morgan fingerprint density at radius 1 is 1.06 bits per heavy atom. The molecule has 0 amide bonds. The number of thiazole rings is 1. The van der Waals surface area contributed by atoms with Crippen LogP contribution in [0.1, 0.15) is 22.7 Å². The molecule has 0 spiro atoms. The van der Waals surface area contributed by atoms with Crippen molar-refractivity contribution in [1.82, 2.24) is 9.88 Å². The third-order valence-electron chi connectivity index (χ3n) is 6.35. The van der Waals surface area contributed by atoms with Gasteiger partial charge >= 0.3 is 0 Å². The lowest BCUT2D eigenvalue weighted by molar-refractivity contribution is 0.228. The van der Waals surface area contributed by atoms with Crippen molar-refractivity contribution in [2.75, 3.05) is 13.6 Å².